The molecule has 0 spiro atoms. The molecule has 10 N–H and O–H groups in total. The lowest BCUT2D eigenvalue weighted by Gasteiger charge is -2.23. The van der Waals surface area contributed by atoms with Crippen LogP contribution < -0.4 is 52.4 Å². The lowest BCUT2D eigenvalue weighted by molar-refractivity contribution is 0.0771. The fourth-order valence-electron chi connectivity index (χ4n) is 17.2. The molecule has 760 valence electrons. The van der Waals surface area contributed by atoms with Crippen molar-refractivity contribution in [2.45, 2.75) is 97.7 Å². The largest absolute Gasteiger partial charge is 0.482 e. The van der Waals surface area contributed by atoms with Gasteiger partial charge in [-0.2, -0.15) is 0 Å². The van der Waals surface area contributed by atoms with Crippen molar-refractivity contribution in [2.75, 3.05) is 63.8 Å². The molecule has 5 atom stereocenters. The Labute approximate surface area is 875 Å². The second-order valence-electron chi connectivity index (χ2n) is 34.4. The topological polar surface area (TPSA) is 453 Å². The monoisotopic (exact) mass is 2040 g/mol. The van der Waals surface area contributed by atoms with Crippen molar-refractivity contribution < 1.29 is 88.8 Å². The summed E-state index contributed by atoms with van der Waals surface area (Å²) in [6, 6.07) is 24.1. The highest BCUT2D eigenvalue weighted by Gasteiger charge is 2.37. The van der Waals surface area contributed by atoms with Gasteiger partial charge in [0.25, 0.3) is 58.6 Å². The molecule has 45 heteroatoms. The van der Waals surface area contributed by atoms with Gasteiger partial charge >= 0.3 is 0 Å². The van der Waals surface area contributed by atoms with E-state index in [1.54, 1.807) is 87.5 Å². The van der Waals surface area contributed by atoms with Gasteiger partial charge in [0.2, 0.25) is 0 Å². The number of hydrogen-bond acceptors (Lipinski definition) is 25. The number of fused-ring (bicyclic) bond motifs is 25. The van der Waals surface area contributed by atoms with Crippen molar-refractivity contribution in [3.05, 3.63) is 323 Å². The average Bonchev–Trinajstić information content (AvgIpc) is 0.779. The van der Waals surface area contributed by atoms with E-state index in [0.717, 1.165) is 60.7 Å². The molecule has 150 heavy (non-hydrogen) atoms. The highest BCUT2D eigenvalue weighted by atomic mass is 19.1. The van der Waals surface area contributed by atoms with Gasteiger partial charge < -0.3 is 101 Å². The molecule has 5 amide bonds. The summed E-state index contributed by atoms with van der Waals surface area (Å²) in [5.74, 6) is -5.99. The summed E-state index contributed by atoms with van der Waals surface area (Å²) in [7, 11) is 12.4. The van der Waals surface area contributed by atoms with Gasteiger partial charge in [0.05, 0.1) is 70.7 Å². The molecule has 15 aromatic rings. The van der Waals surface area contributed by atoms with E-state index in [1.165, 1.54) is 119 Å². The quantitative estimate of drug-likeness (QED) is 0.0695. The van der Waals surface area contributed by atoms with E-state index in [9.17, 15) is 45.9 Å². The first-order valence-electron chi connectivity index (χ1n) is 51.8. The molecule has 0 radical (unpaired) electrons. The van der Waals surface area contributed by atoms with E-state index >= 15 is 0 Å². The zero-order valence-corrected chi connectivity index (χ0v) is 81.2. The van der Waals surface area contributed by atoms with Crippen LogP contribution >= 0.6 is 0 Å². The second-order valence-corrected chi connectivity index (χ2v) is 34.4. The van der Waals surface area contributed by atoms with Crippen LogP contribution in [0.5, 0.6) is 28.7 Å². The molecule has 0 unspecified atom stereocenters. The fraction of sp³-hybridized carbons (Fsp3) is 0.238. The predicted molar refractivity (Wildman–Crippen MR) is 542 cm³/mol. The molecule has 5 aromatic carbocycles. The van der Waals surface area contributed by atoms with Gasteiger partial charge in [0, 0.05) is 166 Å². The molecule has 15 heterocycles. The van der Waals surface area contributed by atoms with Gasteiger partial charge in [-0.15, -0.1) is 25.5 Å². The number of rotatable bonds is 0. The van der Waals surface area contributed by atoms with Crippen LogP contribution in [0.25, 0.3) is 79.9 Å². The third-order valence-corrected chi connectivity index (χ3v) is 24.4. The summed E-state index contributed by atoms with van der Waals surface area (Å²) in [6.07, 6.45) is -1.12. The molecule has 40 nitrogen and oxygen atoms in total. The predicted octanol–water partition coefficient (Wildman–Crippen LogP) is 17.4. The van der Waals surface area contributed by atoms with Gasteiger partial charge in [0.1, 0.15) is 88.0 Å². The van der Waals surface area contributed by atoms with Crippen LogP contribution in [0.4, 0.5) is 80.1 Å². The number of nitrogen functional groups attached to an aromatic ring is 5. The Morgan fingerprint density at radius 2 is 0.500 bits per heavy atom. The summed E-state index contributed by atoms with van der Waals surface area (Å²) in [5.41, 5.74) is 35.0. The lowest BCUT2D eigenvalue weighted by Crippen LogP contribution is -2.28. The van der Waals surface area contributed by atoms with Gasteiger partial charge in [-0.05, 0) is 184 Å². The van der Waals surface area contributed by atoms with Gasteiger partial charge in [-0.3, -0.25) is 24.0 Å². The molecular formula is C105H95F5N30O10. The maximum absolute atomic E-state index is 14.3. The number of nitrogens with two attached hydrogens (primary N) is 5. The van der Waals surface area contributed by atoms with Crippen LogP contribution in [0, 0.1) is 61.9 Å². The third kappa shape index (κ3) is 20.3. The first kappa shape index (κ1) is 85.9. The van der Waals surface area contributed by atoms with Gasteiger partial charge in [0.15, 0.2) is 57.8 Å². The summed E-state index contributed by atoms with van der Waals surface area (Å²) < 4.78 is 220. The first-order valence-corrected chi connectivity index (χ1v) is 44.8. The van der Waals surface area contributed by atoms with Crippen molar-refractivity contribution in [1.29, 1.82) is 0 Å². The number of pyridine rings is 5. The number of carbonyl (C=O) groups is 5. The van der Waals surface area contributed by atoms with Crippen LogP contribution in [0.3, 0.4) is 0 Å². The van der Waals surface area contributed by atoms with Crippen molar-refractivity contribution in [3.63, 3.8) is 0 Å². The fourth-order valence-corrected chi connectivity index (χ4v) is 17.2. The van der Waals surface area contributed by atoms with Crippen LogP contribution in [-0.2, 0) is 68.0 Å². The molecule has 0 aliphatic carbocycles. The number of ether oxygens (including phenoxy) is 5. The van der Waals surface area contributed by atoms with E-state index < -0.39 is 135 Å². The standard InChI is InChI=1S/5C21H19FN6O2/c5*1-11-15-8-13(22)5-6-14(15)21(29)27(3)10-16-18(20(24-2)28(4)26-16)12-7-17(30-11)19(23)25-9-12/h5*5-9,11H,10H2,1,3-4H3,(H2,23,25)/t5*11-/m11100/s1/i2*3D3;;2*1D3,11D. The molecule has 10 aromatic heterocycles. The molecule has 20 rings (SSSR count). The van der Waals surface area contributed by atoms with E-state index in [0.29, 0.717) is 99.5 Å². The van der Waals surface area contributed by atoms with E-state index in [-0.39, 0.29) is 151 Å². The highest BCUT2D eigenvalue weighted by Crippen LogP contribution is 2.47. The number of carbonyl (C=O) groups excluding carboxylic acids is 5. The minimum Gasteiger partial charge on any atom is -0.482 e. The van der Waals surface area contributed by atoms with E-state index in [2.05, 4.69) is 74.6 Å². The van der Waals surface area contributed by atoms with E-state index in [1.807, 2.05) is 0 Å². The third-order valence-electron chi connectivity index (χ3n) is 24.4. The summed E-state index contributed by atoms with van der Waals surface area (Å²) in [6.45, 7) is 29.9. The van der Waals surface area contributed by atoms with Crippen molar-refractivity contribution in [1.82, 2.24) is 98.3 Å². The summed E-state index contributed by atoms with van der Waals surface area (Å²) in [4.78, 5) is 110. The maximum Gasteiger partial charge on any atom is 0.260 e. The zero-order valence-electron chi connectivity index (χ0n) is 95.2. The summed E-state index contributed by atoms with van der Waals surface area (Å²) in [5, 5.41) is 21.8. The molecule has 10 bridgehead atoms. The number of hydrogen-bond donors (Lipinski definition) is 5. The Morgan fingerprint density at radius 1 is 0.307 bits per heavy atom. The Hall–Kier alpha value is -19.6. The van der Waals surface area contributed by atoms with Crippen molar-refractivity contribution in [2.24, 2.45) is 35.2 Å². The molecule has 0 saturated carbocycles. The summed E-state index contributed by atoms with van der Waals surface area (Å²) >= 11 is 0. The number of aromatic nitrogens is 15. The van der Waals surface area contributed by atoms with Crippen LogP contribution in [0.15, 0.2) is 152 Å². The van der Waals surface area contributed by atoms with Crippen molar-refractivity contribution >= 4 is 87.7 Å². The lowest BCUT2D eigenvalue weighted by atomic mass is 10.0. The number of anilines is 5. The first-order chi connectivity index (χ1) is 77.0. The van der Waals surface area contributed by atoms with Gasteiger partial charge in [-0.25, -0.2) is 70.3 Å². The molecule has 5 aliphatic heterocycles. The molecular weight excluding hydrogens is 1940 g/mol. The van der Waals surface area contributed by atoms with Crippen molar-refractivity contribution in [3.8, 4) is 84.4 Å². The molecule has 0 saturated heterocycles. The van der Waals surface area contributed by atoms with E-state index in [4.69, 9.17) is 104 Å². The maximum atomic E-state index is 14.3. The smallest absolute Gasteiger partial charge is 0.260 e. The van der Waals surface area contributed by atoms with Crippen LogP contribution in [0.1, 0.15) is 192 Å². The Morgan fingerprint density at radius 3 is 0.707 bits per heavy atom. The normalized spacial score (nSPS) is 18.6. The number of nitrogens with zero attached hydrogens (tertiary/aromatic N) is 25. The highest BCUT2D eigenvalue weighted by molar-refractivity contribution is 6.00. The van der Waals surface area contributed by atoms with Crippen LogP contribution in [-0.4, -0.2) is 163 Å². The minimum atomic E-state index is -3.16. The Bertz CT molecular complexity index is 8510. The molecule has 5 aliphatic rings. The SMILES string of the molecule is [2H]C([2H])([2H])N1Cc2nn(C)c([N+]#[C-])c2-c2cnc(N)c(c2)O[C@H](C)c2cc(F)ccc2C1=O.[2H]C([2H])([2H])N1Cc2nn(C)c([N+]#[C-])c2-c2cnc(N)c(c2)O[C@H](C)c2cc(F)ccc2C1=O.[2H]C([2H])([2H])[C@]1([2H])Oc2cc(cnc2N)-c2c(nn(C)c2[N+]#[C-])CN(C)C(=O)c2ccc(F)cc21.[2H]C([2H])([2H])[C@]1([2H])Oc2cc(cnc2N)-c2c(nn(C)c2[N+]#[C-])CN(C)C(=O)c2ccc(F)cc21.[C-]#[N+]c1c2c(nn1C)CN(C)C(=O)c1ccc(F)cc1[C@@H](C)Oc1cc-2cnc1N. The number of halogens is 5. The number of benzene rings is 5. The van der Waals surface area contributed by atoms with Crippen LogP contribution in [0.2, 0.25) is 0 Å². The zero-order chi connectivity index (χ0) is 120. The van der Waals surface area contributed by atoms with Gasteiger partial charge in [-0.1, -0.05) is 32.9 Å². The Kier molecular flexibility index (Phi) is 24.0. The minimum absolute atomic E-state index is 0.0360. The average molecular weight is 2050 g/mol. The molecule has 0 fully saturated rings. The Balaban J connectivity index is 0.000000144. The second kappa shape index (κ2) is 42.0. The number of aryl methyl sites for hydroxylation is 5. The number of amides is 5.